The first kappa shape index (κ1) is 18.0. The molecule has 6 nitrogen and oxygen atoms in total. The first-order valence-electron chi connectivity index (χ1n) is 9.72. The Balaban J connectivity index is 1.75. The Hall–Kier alpha value is -2.37. The van der Waals surface area contributed by atoms with Crippen LogP contribution in [-0.2, 0) is 33.5 Å². The minimum atomic E-state index is 0.689. The van der Waals surface area contributed by atoms with Crippen LogP contribution < -0.4 is 0 Å². The van der Waals surface area contributed by atoms with Crippen molar-refractivity contribution in [3.63, 3.8) is 0 Å². The highest BCUT2D eigenvalue weighted by atomic mass is 16.5. The van der Waals surface area contributed by atoms with Gasteiger partial charge in [0.25, 0.3) is 0 Å². The van der Waals surface area contributed by atoms with Crippen molar-refractivity contribution in [2.75, 3.05) is 39.5 Å². The van der Waals surface area contributed by atoms with Crippen LogP contribution in [-0.4, -0.2) is 57.1 Å². The third-order valence-corrected chi connectivity index (χ3v) is 5.64. The molecule has 0 fully saturated rings. The lowest BCUT2D eigenvalue weighted by atomic mass is 9.84. The maximum atomic E-state index is 5.70. The monoisotopic (exact) mass is 369 g/mol. The van der Waals surface area contributed by atoms with Gasteiger partial charge in [0.05, 0.1) is 19.6 Å². The van der Waals surface area contributed by atoms with Gasteiger partial charge in [-0.05, 0) is 54.2 Å². The fraction of sp³-hybridized carbons (Fsp3) is 0.571. The van der Waals surface area contributed by atoms with Crippen molar-refractivity contribution in [1.29, 1.82) is 0 Å². The van der Waals surface area contributed by atoms with Gasteiger partial charge in [-0.1, -0.05) is 0 Å². The zero-order valence-corrected chi connectivity index (χ0v) is 16.4. The van der Waals surface area contributed by atoms with Crippen LogP contribution in [0.3, 0.4) is 0 Å². The van der Waals surface area contributed by atoms with Crippen molar-refractivity contribution in [2.24, 2.45) is 15.0 Å². The molecule has 0 radical (unpaired) electrons. The average molecular weight is 369 g/mol. The van der Waals surface area contributed by atoms with Crippen molar-refractivity contribution in [1.82, 2.24) is 0 Å². The van der Waals surface area contributed by atoms with Gasteiger partial charge in [0.2, 0.25) is 0 Å². The van der Waals surface area contributed by atoms with Crippen molar-refractivity contribution < 1.29 is 14.2 Å². The van der Waals surface area contributed by atoms with E-state index in [0.29, 0.717) is 19.8 Å². The summed E-state index contributed by atoms with van der Waals surface area (Å²) in [4.78, 5) is 13.5. The first-order valence-corrected chi connectivity index (χ1v) is 9.72. The van der Waals surface area contributed by atoms with Crippen molar-refractivity contribution in [2.45, 2.75) is 40.0 Å². The normalized spacial score (nSPS) is 18.6. The fourth-order valence-corrected chi connectivity index (χ4v) is 4.10. The summed E-state index contributed by atoms with van der Waals surface area (Å²) in [6.45, 7) is 10.9. The second kappa shape index (κ2) is 7.71. The Morgan fingerprint density at radius 3 is 1.07 bits per heavy atom. The van der Waals surface area contributed by atoms with E-state index in [1.807, 2.05) is 0 Å². The van der Waals surface area contributed by atoms with E-state index in [2.05, 4.69) is 35.7 Å². The lowest BCUT2D eigenvalue weighted by Crippen LogP contribution is -2.16. The molecule has 0 atom stereocenters. The van der Waals surface area contributed by atoms with E-state index in [1.54, 1.807) is 0 Å². The quantitative estimate of drug-likeness (QED) is 0.774. The molecule has 0 N–H and O–H groups in total. The summed E-state index contributed by atoms with van der Waals surface area (Å²) in [5.74, 6) is 2.52. The molecule has 27 heavy (non-hydrogen) atoms. The van der Waals surface area contributed by atoms with Crippen LogP contribution in [0.2, 0.25) is 0 Å². The molecule has 4 rings (SSSR count). The number of hydrogen-bond acceptors (Lipinski definition) is 6. The van der Waals surface area contributed by atoms with Gasteiger partial charge in [0, 0.05) is 19.3 Å². The highest BCUT2D eigenvalue weighted by Crippen LogP contribution is 2.30. The first-order chi connectivity index (χ1) is 13.1. The maximum Gasteiger partial charge on any atom is 0.187 e. The lowest BCUT2D eigenvalue weighted by molar-refractivity contribution is 0.340. The highest BCUT2D eigenvalue weighted by molar-refractivity contribution is 5.85. The van der Waals surface area contributed by atoms with Crippen LogP contribution in [0.1, 0.15) is 33.4 Å². The number of benzene rings is 1. The summed E-state index contributed by atoms with van der Waals surface area (Å²) in [6.07, 6.45) is 2.20. The Labute approximate surface area is 160 Å². The molecule has 0 saturated carbocycles. The fourth-order valence-electron chi connectivity index (χ4n) is 4.10. The largest absolute Gasteiger partial charge is 0.479 e. The molecule has 0 aliphatic carbocycles. The number of nitrogens with zero attached hydrogens (tertiary/aromatic N) is 3. The molecule has 0 unspecified atom stereocenters. The van der Waals surface area contributed by atoms with Gasteiger partial charge in [0.15, 0.2) is 17.7 Å². The minimum absolute atomic E-state index is 0.689. The van der Waals surface area contributed by atoms with Gasteiger partial charge < -0.3 is 14.2 Å². The minimum Gasteiger partial charge on any atom is -0.479 e. The van der Waals surface area contributed by atoms with Crippen LogP contribution >= 0.6 is 0 Å². The molecule has 1 aromatic carbocycles. The van der Waals surface area contributed by atoms with Crippen LogP contribution in [0.4, 0.5) is 0 Å². The Kier molecular flexibility index (Phi) is 5.14. The molecule has 0 spiro atoms. The summed E-state index contributed by atoms with van der Waals surface area (Å²) in [5.41, 5.74) is 7.76. The summed E-state index contributed by atoms with van der Waals surface area (Å²) in [7, 11) is 0. The molecule has 1 aromatic rings. The number of hydrogen-bond donors (Lipinski definition) is 0. The molecule has 3 aliphatic heterocycles. The molecule has 0 saturated heterocycles. The molecule has 6 heteroatoms. The second-order valence-corrected chi connectivity index (χ2v) is 7.21. The van der Waals surface area contributed by atoms with E-state index in [4.69, 9.17) is 14.2 Å². The van der Waals surface area contributed by atoms with Gasteiger partial charge in [-0.25, -0.2) is 0 Å². The summed E-state index contributed by atoms with van der Waals surface area (Å²) in [6, 6.07) is 0. The van der Waals surface area contributed by atoms with E-state index in [-0.39, 0.29) is 0 Å². The maximum absolute atomic E-state index is 5.70. The average Bonchev–Trinajstić information content (AvgIpc) is 3.43. The van der Waals surface area contributed by atoms with Crippen molar-refractivity contribution >= 4 is 17.7 Å². The Morgan fingerprint density at radius 2 is 0.852 bits per heavy atom. The van der Waals surface area contributed by atoms with Gasteiger partial charge >= 0.3 is 0 Å². The Morgan fingerprint density at radius 1 is 0.556 bits per heavy atom. The number of aliphatic imine (C=N–C) groups is 3. The van der Waals surface area contributed by atoms with Crippen LogP contribution in [0.15, 0.2) is 15.0 Å². The predicted octanol–water partition coefficient (Wildman–Crippen LogP) is 2.53. The SMILES string of the molecule is Cc1c(CC2=NCCO2)c(C)c(CC2=NCCO2)c(C)c1CC1=NCCO1. The molecule has 3 heterocycles. The van der Waals surface area contributed by atoms with Crippen LogP contribution in [0.25, 0.3) is 0 Å². The smallest absolute Gasteiger partial charge is 0.187 e. The van der Waals surface area contributed by atoms with Gasteiger partial charge in [-0.15, -0.1) is 0 Å². The zero-order valence-electron chi connectivity index (χ0n) is 16.4. The van der Waals surface area contributed by atoms with Crippen molar-refractivity contribution in [3.05, 3.63) is 33.4 Å². The topological polar surface area (TPSA) is 64.8 Å². The molecule has 3 aliphatic rings. The molecular weight excluding hydrogens is 342 g/mol. The number of ether oxygens (including phenoxy) is 3. The van der Waals surface area contributed by atoms with Gasteiger partial charge in [0.1, 0.15) is 19.8 Å². The third kappa shape index (κ3) is 3.70. The van der Waals surface area contributed by atoms with Crippen LogP contribution in [0, 0.1) is 20.8 Å². The summed E-state index contributed by atoms with van der Waals surface area (Å²) < 4.78 is 17.1. The Bertz CT molecular complexity index is 709. The number of rotatable bonds is 6. The van der Waals surface area contributed by atoms with Crippen LogP contribution in [0.5, 0.6) is 0 Å². The van der Waals surface area contributed by atoms with E-state index in [0.717, 1.165) is 56.6 Å². The van der Waals surface area contributed by atoms with E-state index >= 15 is 0 Å². The highest BCUT2D eigenvalue weighted by Gasteiger charge is 2.23. The summed E-state index contributed by atoms with van der Waals surface area (Å²) in [5, 5.41) is 0. The van der Waals surface area contributed by atoms with Gasteiger partial charge in [-0.2, -0.15) is 0 Å². The summed E-state index contributed by atoms with van der Waals surface area (Å²) >= 11 is 0. The van der Waals surface area contributed by atoms with Gasteiger partial charge in [-0.3, -0.25) is 15.0 Å². The third-order valence-electron chi connectivity index (χ3n) is 5.64. The molecule has 0 amide bonds. The molecular formula is C21H27N3O3. The second-order valence-electron chi connectivity index (χ2n) is 7.21. The molecule has 144 valence electrons. The molecule has 0 aromatic heterocycles. The molecule has 0 bridgehead atoms. The van der Waals surface area contributed by atoms with Crippen molar-refractivity contribution in [3.8, 4) is 0 Å². The van der Waals surface area contributed by atoms with E-state index in [1.165, 1.54) is 33.4 Å². The lowest BCUT2D eigenvalue weighted by Gasteiger charge is -2.22. The van der Waals surface area contributed by atoms with E-state index in [9.17, 15) is 0 Å². The van der Waals surface area contributed by atoms with E-state index < -0.39 is 0 Å². The zero-order chi connectivity index (χ0) is 18.8. The standard InChI is InChI=1S/C21H27N3O3/c1-13-16(10-19-22-4-7-25-19)14(2)18(12-21-24-6-9-27-21)15(3)17(13)11-20-23-5-8-26-20/h4-12H2,1-3H3. The predicted molar refractivity (Wildman–Crippen MR) is 107 cm³/mol.